The van der Waals surface area contributed by atoms with E-state index in [1.165, 1.54) is 0 Å². The Labute approximate surface area is 143 Å². The van der Waals surface area contributed by atoms with Gasteiger partial charge in [0.05, 0.1) is 12.7 Å². The van der Waals surface area contributed by atoms with Gasteiger partial charge in [-0.1, -0.05) is 34.1 Å². The van der Waals surface area contributed by atoms with Crippen LogP contribution < -0.4 is 0 Å². The van der Waals surface area contributed by atoms with Crippen molar-refractivity contribution in [3.05, 3.63) is 22.5 Å². The Kier molecular flexibility index (Phi) is 3.22. The van der Waals surface area contributed by atoms with Gasteiger partial charge in [0.1, 0.15) is 5.76 Å². The van der Waals surface area contributed by atoms with Gasteiger partial charge < -0.3 is 9.84 Å². The van der Waals surface area contributed by atoms with Crippen LogP contribution in [0.2, 0.25) is 0 Å². The lowest BCUT2D eigenvalue weighted by Gasteiger charge is -2.61. The fourth-order valence-electron chi connectivity index (χ4n) is 5.85. The van der Waals surface area contributed by atoms with Crippen molar-refractivity contribution in [1.29, 1.82) is 0 Å². The molecule has 0 unspecified atom stereocenters. The van der Waals surface area contributed by atoms with E-state index in [4.69, 9.17) is 4.74 Å². The van der Waals surface area contributed by atoms with Crippen molar-refractivity contribution in [2.45, 2.75) is 59.5 Å². The van der Waals surface area contributed by atoms with Gasteiger partial charge in [-0.3, -0.25) is 9.59 Å². The van der Waals surface area contributed by atoms with Gasteiger partial charge in [0.25, 0.3) is 0 Å². The van der Waals surface area contributed by atoms with Gasteiger partial charge in [0.2, 0.25) is 11.6 Å². The number of allylic oxidation sites excluding steroid dienone is 1. The Hall–Kier alpha value is -1.42. The van der Waals surface area contributed by atoms with Crippen LogP contribution in [-0.4, -0.2) is 29.4 Å². The third kappa shape index (κ3) is 1.78. The van der Waals surface area contributed by atoms with E-state index in [9.17, 15) is 14.7 Å². The van der Waals surface area contributed by atoms with E-state index in [1.807, 2.05) is 13.8 Å². The molecular formula is C20H26O4. The number of hydrogen-bond donors (Lipinski definition) is 1. The van der Waals surface area contributed by atoms with Gasteiger partial charge >= 0.3 is 0 Å². The maximum Gasteiger partial charge on any atom is 0.233 e. The van der Waals surface area contributed by atoms with Gasteiger partial charge in [-0.15, -0.1) is 0 Å². The molecule has 2 heterocycles. The van der Waals surface area contributed by atoms with Crippen LogP contribution >= 0.6 is 0 Å². The minimum absolute atomic E-state index is 0.0236. The Balaban J connectivity index is 1.97. The SMILES string of the molecule is CC(C)C1=C(O)C2=C(C(=O)C1=O)[C@@]13CCCC(C)(C)[C@@H]1C[C@@H]2OC3. The molecule has 0 aromatic carbocycles. The zero-order chi connectivity index (χ0) is 17.4. The molecule has 5 aliphatic rings. The predicted molar refractivity (Wildman–Crippen MR) is 89.4 cm³/mol. The molecule has 2 aliphatic heterocycles. The number of aliphatic hydroxyl groups is 1. The van der Waals surface area contributed by atoms with Gasteiger partial charge in [0, 0.05) is 22.1 Å². The minimum atomic E-state index is -0.509. The molecule has 1 N–H and O–H groups in total. The van der Waals surface area contributed by atoms with Crippen LogP contribution in [0.1, 0.15) is 53.4 Å². The smallest absolute Gasteiger partial charge is 0.233 e. The normalized spacial score (nSPS) is 37.9. The molecule has 1 saturated carbocycles. The molecule has 3 atom stereocenters. The van der Waals surface area contributed by atoms with Crippen molar-refractivity contribution in [3.8, 4) is 0 Å². The second-order valence-corrected chi connectivity index (χ2v) is 8.95. The van der Waals surface area contributed by atoms with E-state index in [0.29, 0.717) is 23.7 Å². The first-order chi connectivity index (χ1) is 11.2. The van der Waals surface area contributed by atoms with E-state index in [1.54, 1.807) is 0 Å². The summed E-state index contributed by atoms with van der Waals surface area (Å²) in [5.41, 5.74) is 1.21. The summed E-state index contributed by atoms with van der Waals surface area (Å²) in [7, 11) is 0. The topological polar surface area (TPSA) is 63.6 Å². The van der Waals surface area contributed by atoms with Crippen molar-refractivity contribution >= 4 is 11.6 Å². The first kappa shape index (κ1) is 16.1. The van der Waals surface area contributed by atoms with Gasteiger partial charge in [0.15, 0.2) is 0 Å². The minimum Gasteiger partial charge on any atom is -0.507 e. The molecule has 24 heavy (non-hydrogen) atoms. The van der Waals surface area contributed by atoms with Crippen molar-refractivity contribution < 1.29 is 19.4 Å². The maximum atomic E-state index is 13.1. The van der Waals surface area contributed by atoms with Crippen molar-refractivity contribution in [1.82, 2.24) is 0 Å². The van der Waals surface area contributed by atoms with Gasteiger partial charge in [-0.25, -0.2) is 0 Å². The number of rotatable bonds is 1. The van der Waals surface area contributed by atoms with Crippen LogP contribution in [0, 0.1) is 22.7 Å². The molecule has 0 radical (unpaired) electrons. The standard InChI is InChI=1S/C20H26O4/c1-10(2)13-16(21)14-11-8-12-19(3,4)6-5-7-20(12,9-24-11)15(14)18(23)17(13)22/h10-12,21H,5-9H2,1-4H3/t11-,12-,20+/m0/s1. The Morgan fingerprint density at radius 1 is 1.17 bits per heavy atom. The third-order valence-corrected chi connectivity index (χ3v) is 6.90. The van der Waals surface area contributed by atoms with Crippen LogP contribution in [-0.2, 0) is 14.3 Å². The summed E-state index contributed by atoms with van der Waals surface area (Å²) in [5.74, 6) is -0.712. The first-order valence-electron chi connectivity index (χ1n) is 9.09. The molecule has 5 rings (SSSR count). The summed E-state index contributed by atoms with van der Waals surface area (Å²) in [5, 5.41) is 10.8. The molecule has 4 heteroatoms. The Morgan fingerprint density at radius 2 is 1.88 bits per heavy atom. The molecule has 1 saturated heterocycles. The lowest BCUT2D eigenvalue weighted by Crippen LogP contribution is -2.60. The highest BCUT2D eigenvalue weighted by molar-refractivity contribution is 6.50. The summed E-state index contributed by atoms with van der Waals surface area (Å²) in [6, 6.07) is 0. The molecule has 2 bridgehead atoms. The average molecular weight is 330 g/mol. The highest BCUT2D eigenvalue weighted by atomic mass is 16.5. The molecule has 0 amide bonds. The number of Topliss-reactive ketones (excluding diaryl/α,β-unsaturated/α-hetero) is 2. The highest BCUT2D eigenvalue weighted by Gasteiger charge is 2.63. The Bertz CT molecular complexity index is 709. The summed E-state index contributed by atoms with van der Waals surface area (Å²) < 4.78 is 6.07. The molecule has 2 fully saturated rings. The number of fused-ring (bicyclic) bond motifs is 1. The predicted octanol–water partition coefficient (Wildman–Crippen LogP) is 3.52. The molecule has 0 aromatic heterocycles. The lowest BCUT2D eigenvalue weighted by atomic mass is 9.46. The van der Waals surface area contributed by atoms with Crippen LogP contribution in [0.15, 0.2) is 22.5 Å². The van der Waals surface area contributed by atoms with Crippen LogP contribution in [0.4, 0.5) is 0 Å². The Morgan fingerprint density at radius 3 is 2.54 bits per heavy atom. The molecule has 3 aliphatic carbocycles. The second-order valence-electron chi connectivity index (χ2n) is 8.95. The van der Waals surface area contributed by atoms with Gasteiger partial charge in [-0.05, 0) is 36.5 Å². The van der Waals surface area contributed by atoms with Crippen LogP contribution in [0.3, 0.4) is 0 Å². The summed E-state index contributed by atoms with van der Waals surface area (Å²) in [4.78, 5) is 25.8. The number of carbonyl (C=O) groups is 2. The summed E-state index contributed by atoms with van der Waals surface area (Å²) >= 11 is 0. The first-order valence-corrected chi connectivity index (χ1v) is 9.09. The highest BCUT2D eigenvalue weighted by Crippen LogP contribution is 2.64. The van der Waals surface area contributed by atoms with E-state index in [2.05, 4.69) is 13.8 Å². The monoisotopic (exact) mass is 330 g/mol. The molecular weight excluding hydrogens is 304 g/mol. The number of hydrogen-bond acceptors (Lipinski definition) is 4. The zero-order valence-electron chi connectivity index (χ0n) is 14.9. The van der Waals surface area contributed by atoms with E-state index in [0.717, 1.165) is 25.7 Å². The molecule has 0 aromatic rings. The summed E-state index contributed by atoms with van der Waals surface area (Å²) in [6.07, 6.45) is 3.61. The number of ether oxygens (including phenoxy) is 1. The van der Waals surface area contributed by atoms with E-state index >= 15 is 0 Å². The average Bonchev–Trinajstić information content (AvgIpc) is 2.51. The van der Waals surface area contributed by atoms with E-state index in [-0.39, 0.29) is 34.6 Å². The van der Waals surface area contributed by atoms with Crippen molar-refractivity contribution in [2.24, 2.45) is 22.7 Å². The van der Waals surface area contributed by atoms with Crippen LogP contribution in [0.25, 0.3) is 0 Å². The number of ketones is 2. The summed E-state index contributed by atoms with van der Waals surface area (Å²) in [6.45, 7) is 8.73. The molecule has 4 nitrogen and oxygen atoms in total. The fourth-order valence-corrected chi connectivity index (χ4v) is 5.85. The fraction of sp³-hybridized carbons (Fsp3) is 0.700. The largest absolute Gasteiger partial charge is 0.507 e. The number of aliphatic hydroxyl groups excluding tert-OH is 1. The maximum absolute atomic E-state index is 13.1. The molecule has 130 valence electrons. The third-order valence-electron chi connectivity index (χ3n) is 6.90. The van der Waals surface area contributed by atoms with Crippen molar-refractivity contribution in [2.75, 3.05) is 6.61 Å². The molecule has 1 spiro atoms. The quantitative estimate of drug-likeness (QED) is 0.590. The van der Waals surface area contributed by atoms with Crippen molar-refractivity contribution in [3.63, 3.8) is 0 Å². The number of carbonyl (C=O) groups excluding carboxylic acids is 2. The van der Waals surface area contributed by atoms with E-state index < -0.39 is 11.2 Å². The zero-order valence-corrected chi connectivity index (χ0v) is 14.9. The van der Waals surface area contributed by atoms with Gasteiger partial charge in [-0.2, -0.15) is 0 Å². The second kappa shape index (κ2) is 4.81. The lowest BCUT2D eigenvalue weighted by molar-refractivity contribution is -0.155. The van der Waals surface area contributed by atoms with Crippen LogP contribution in [0.5, 0.6) is 0 Å².